The fourth-order valence-electron chi connectivity index (χ4n) is 4.47. The normalized spacial score (nSPS) is 23.1. The molecular weight excluding hydrogens is 352 g/mol. The molecule has 1 aromatic carbocycles. The Kier molecular flexibility index (Phi) is 5.60. The molecular formula is C24H32O4. The van der Waals surface area contributed by atoms with Crippen LogP contribution in [-0.4, -0.2) is 18.7 Å². The van der Waals surface area contributed by atoms with Crippen LogP contribution in [0, 0.1) is 5.41 Å². The van der Waals surface area contributed by atoms with Crippen LogP contribution in [0.25, 0.3) is 6.08 Å². The Morgan fingerprint density at radius 2 is 2.00 bits per heavy atom. The Morgan fingerprint density at radius 1 is 1.25 bits per heavy atom. The highest BCUT2D eigenvalue weighted by Gasteiger charge is 2.33. The standard InChI is InChI=1S/C24H32O4/c1-16-8-7-11-23(3,4)20(16)10-13-24(5)12-9-18-14-19(27-17(2)25)15-21(26-6)22(18)28-24/h9,12,14-15H,7-8,10-11,13H2,1-6H3. The van der Waals surface area contributed by atoms with Gasteiger partial charge in [-0.3, -0.25) is 4.79 Å². The highest BCUT2D eigenvalue weighted by Crippen LogP contribution is 2.46. The number of methoxy groups -OCH3 is 1. The summed E-state index contributed by atoms with van der Waals surface area (Å²) < 4.78 is 17.2. The minimum absolute atomic E-state index is 0.269. The maximum absolute atomic E-state index is 11.3. The van der Waals surface area contributed by atoms with Gasteiger partial charge in [0.25, 0.3) is 0 Å². The third-order valence-corrected chi connectivity index (χ3v) is 6.05. The van der Waals surface area contributed by atoms with Crippen LogP contribution < -0.4 is 14.2 Å². The monoisotopic (exact) mass is 384 g/mol. The van der Waals surface area contributed by atoms with Crippen LogP contribution in [0.4, 0.5) is 0 Å². The average Bonchev–Trinajstić information content (AvgIpc) is 2.60. The summed E-state index contributed by atoms with van der Waals surface area (Å²) in [6.45, 7) is 10.5. The molecule has 1 atom stereocenters. The van der Waals surface area contributed by atoms with Crippen molar-refractivity contribution in [2.45, 2.75) is 72.3 Å². The molecule has 3 rings (SSSR count). The molecule has 0 spiro atoms. The Labute approximate surface area is 168 Å². The van der Waals surface area contributed by atoms with Crippen molar-refractivity contribution in [2.24, 2.45) is 5.41 Å². The van der Waals surface area contributed by atoms with Gasteiger partial charge < -0.3 is 14.2 Å². The Bertz CT molecular complexity index is 831. The molecule has 28 heavy (non-hydrogen) atoms. The van der Waals surface area contributed by atoms with E-state index in [-0.39, 0.29) is 11.4 Å². The quantitative estimate of drug-likeness (QED) is 0.350. The Morgan fingerprint density at radius 3 is 2.64 bits per heavy atom. The molecule has 0 N–H and O–H groups in total. The van der Waals surface area contributed by atoms with Crippen LogP contribution in [0.15, 0.2) is 29.4 Å². The molecule has 0 bridgehead atoms. The van der Waals surface area contributed by atoms with Gasteiger partial charge in [-0.2, -0.15) is 0 Å². The number of ether oxygens (including phenoxy) is 3. The number of carbonyl (C=O) groups excluding carboxylic acids is 1. The summed E-state index contributed by atoms with van der Waals surface area (Å²) >= 11 is 0. The van der Waals surface area contributed by atoms with E-state index in [4.69, 9.17) is 14.2 Å². The maximum atomic E-state index is 11.3. The zero-order valence-corrected chi connectivity index (χ0v) is 18.0. The Hall–Kier alpha value is -2.23. The summed E-state index contributed by atoms with van der Waals surface area (Å²) in [5, 5.41) is 0. The molecule has 1 aliphatic heterocycles. The number of esters is 1. The largest absolute Gasteiger partial charge is 0.493 e. The summed E-state index contributed by atoms with van der Waals surface area (Å²) in [4.78, 5) is 11.3. The average molecular weight is 385 g/mol. The summed E-state index contributed by atoms with van der Waals surface area (Å²) in [5.74, 6) is 1.39. The molecule has 1 aliphatic carbocycles. The van der Waals surface area contributed by atoms with E-state index in [9.17, 15) is 4.79 Å². The van der Waals surface area contributed by atoms with Gasteiger partial charge in [-0.1, -0.05) is 31.1 Å². The number of benzene rings is 1. The number of carbonyl (C=O) groups is 1. The highest BCUT2D eigenvalue weighted by molar-refractivity contribution is 5.72. The van der Waals surface area contributed by atoms with Crippen LogP contribution in [0.3, 0.4) is 0 Å². The topological polar surface area (TPSA) is 44.8 Å². The molecule has 4 nitrogen and oxygen atoms in total. The number of fused-ring (bicyclic) bond motifs is 1. The van der Waals surface area contributed by atoms with E-state index in [1.54, 1.807) is 24.3 Å². The third-order valence-electron chi connectivity index (χ3n) is 6.05. The molecule has 0 saturated heterocycles. The fraction of sp³-hybridized carbons (Fsp3) is 0.542. The first kappa shape index (κ1) is 20.5. The van der Waals surface area contributed by atoms with Gasteiger partial charge in [0.05, 0.1) is 7.11 Å². The first-order valence-electron chi connectivity index (χ1n) is 10.1. The molecule has 0 aromatic heterocycles. The number of allylic oxidation sites excluding steroid dienone is 2. The van der Waals surface area contributed by atoms with Crippen LogP contribution in [0.2, 0.25) is 0 Å². The van der Waals surface area contributed by atoms with E-state index in [1.807, 2.05) is 12.1 Å². The third kappa shape index (κ3) is 4.26. The van der Waals surface area contributed by atoms with Gasteiger partial charge in [0.1, 0.15) is 11.4 Å². The van der Waals surface area contributed by atoms with Crippen LogP contribution in [-0.2, 0) is 4.79 Å². The van der Waals surface area contributed by atoms with E-state index in [1.165, 1.54) is 26.2 Å². The van der Waals surface area contributed by atoms with Crippen molar-refractivity contribution < 1.29 is 19.0 Å². The number of hydrogen-bond acceptors (Lipinski definition) is 4. The first-order chi connectivity index (χ1) is 13.1. The van der Waals surface area contributed by atoms with E-state index < -0.39 is 5.60 Å². The second kappa shape index (κ2) is 7.65. The lowest BCUT2D eigenvalue weighted by Gasteiger charge is -2.38. The molecule has 1 aromatic rings. The molecule has 2 aliphatic rings. The lowest BCUT2D eigenvalue weighted by molar-refractivity contribution is -0.131. The number of hydrogen-bond donors (Lipinski definition) is 0. The molecule has 4 heteroatoms. The van der Waals surface area contributed by atoms with E-state index >= 15 is 0 Å². The van der Waals surface area contributed by atoms with Gasteiger partial charge in [-0.05, 0) is 63.5 Å². The van der Waals surface area contributed by atoms with Crippen molar-refractivity contribution in [3.05, 3.63) is 34.9 Å². The molecule has 0 fully saturated rings. The minimum Gasteiger partial charge on any atom is -0.493 e. The zero-order valence-electron chi connectivity index (χ0n) is 18.0. The smallest absolute Gasteiger partial charge is 0.308 e. The van der Waals surface area contributed by atoms with Gasteiger partial charge in [0.15, 0.2) is 11.5 Å². The van der Waals surface area contributed by atoms with E-state index in [2.05, 4.69) is 33.8 Å². The van der Waals surface area contributed by atoms with Crippen molar-refractivity contribution in [3.63, 3.8) is 0 Å². The lowest BCUT2D eigenvalue weighted by Crippen LogP contribution is -2.33. The predicted molar refractivity (Wildman–Crippen MR) is 112 cm³/mol. The SMILES string of the molecule is COc1cc(OC(C)=O)cc2c1OC(C)(CCC1=C(C)CCCC1(C)C)C=C2. The zero-order chi connectivity index (χ0) is 20.5. The maximum Gasteiger partial charge on any atom is 0.308 e. The predicted octanol–water partition coefficient (Wildman–Crippen LogP) is 6.09. The Balaban J connectivity index is 1.82. The molecule has 1 heterocycles. The number of rotatable bonds is 5. The second-order valence-electron chi connectivity index (χ2n) is 8.88. The molecule has 0 saturated carbocycles. The van der Waals surface area contributed by atoms with Gasteiger partial charge >= 0.3 is 5.97 Å². The summed E-state index contributed by atoms with van der Waals surface area (Å²) in [6, 6.07) is 3.52. The van der Waals surface area contributed by atoms with Crippen molar-refractivity contribution >= 4 is 12.0 Å². The second-order valence-corrected chi connectivity index (χ2v) is 8.88. The highest BCUT2D eigenvalue weighted by atomic mass is 16.5. The van der Waals surface area contributed by atoms with Crippen LogP contribution in [0.5, 0.6) is 17.2 Å². The molecule has 152 valence electrons. The van der Waals surface area contributed by atoms with Crippen LogP contribution in [0.1, 0.15) is 72.3 Å². The molecule has 0 amide bonds. The summed E-state index contributed by atoms with van der Waals surface area (Å²) in [6.07, 6.45) is 9.84. The summed E-state index contributed by atoms with van der Waals surface area (Å²) in [5.41, 5.74) is 3.86. The van der Waals surface area contributed by atoms with Crippen molar-refractivity contribution in [2.75, 3.05) is 7.11 Å². The van der Waals surface area contributed by atoms with Crippen LogP contribution >= 0.6 is 0 Å². The van der Waals surface area contributed by atoms with Crippen molar-refractivity contribution in [3.8, 4) is 17.2 Å². The van der Waals surface area contributed by atoms with Gasteiger partial charge in [-0.25, -0.2) is 0 Å². The van der Waals surface area contributed by atoms with Crippen molar-refractivity contribution in [1.29, 1.82) is 0 Å². The van der Waals surface area contributed by atoms with Crippen molar-refractivity contribution in [1.82, 2.24) is 0 Å². The molecule has 1 unspecified atom stereocenters. The summed E-state index contributed by atoms with van der Waals surface area (Å²) in [7, 11) is 1.60. The van der Waals surface area contributed by atoms with E-state index in [0.29, 0.717) is 17.2 Å². The first-order valence-corrected chi connectivity index (χ1v) is 10.1. The molecule has 0 radical (unpaired) electrons. The van der Waals surface area contributed by atoms with E-state index in [0.717, 1.165) is 18.4 Å². The lowest BCUT2D eigenvalue weighted by atomic mass is 9.70. The van der Waals surface area contributed by atoms with Gasteiger partial charge in [-0.15, -0.1) is 0 Å². The van der Waals surface area contributed by atoms with Gasteiger partial charge in [0, 0.05) is 18.6 Å². The fourth-order valence-corrected chi connectivity index (χ4v) is 4.47. The van der Waals surface area contributed by atoms with Gasteiger partial charge in [0.2, 0.25) is 0 Å². The minimum atomic E-state index is -0.399.